The van der Waals surface area contributed by atoms with Crippen molar-refractivity contribution in [2.75, 3.05) is 13.6 Å². The van der Waals surface area contributed by atoms with E-state index >= 15 is 0 Å². The largest absolute Gasteiger partial charge is 0.303 e. The van der Waals surface area contributed by atoms with Crippen molar-refractivity contribution in [1.82, 2.24) is 10.3 Å². The molecule has 4 nitrogen and oxygen atoms in total. The Labute approximate surface area is 124 Å². The van der Waals surface area contributed by atoms with Gasteiger partial charge in [0.1, 0.15) is 0 Å². The maximum Gasteiger partial charge on any atom is 0.235 e. The maximum absolute atomic E-state index is 11.2. The van der Waals surface area contributed by atoms with Crippen molar-refractivity contribution in [3.63, 3.8) is 0 Å². The lowest BCUT2D eigenvalue weighted by Gasteiger charge is -2.32. The van der Waals surface area contributed by atoms with Gasteiger partial charge in [-0.15, -0.1) is 0 Å². The Bertz CT molecular complexity index is 446. The zero-order chi connectivity index (χ0) is 14.4. The van der Waals surface area contributed by atoms with Crippen LogP contribution in [0.3, 0.4) is 0 Å². The molecule has 0 bridgehead atoms. The smallest absolute Gasteiger partial charge is 0.235 e. The van der Waals surface area contributed by atoms with Gasteiger partial charge in [0.25, 0.3) is 0 Å². The van der Waals surface area contributed by atoms with Gasteiger partial charge in [-0.2, -0.15) is 11.3 Å². The van der Waals surface area contributed by atoms with Gasteiger partial charge in [-0.25, -0.2) is 5.84 Å². The molecule has 1 aliphatic carbocycles. The second-order valence-electron chi connectivity index (χ2n) is 5.39. The monoisotopic (exact) mass is 293 g/mol. The van der Waals surface area contributed by atoms with E-state index in [2.05, 4.69) is 40.3 Å². The van der Waals surface area contributed by atoms with E-state index < -0.39 is 0 Å². The first-order chi connectivity index (χ1) is 9.69. The van der Waals surface area contributed by atoms with Crippen molar-refractivity contribution < 1.29 is 4.79 Å². The lowest BCUT2D eigenvalue weighted by atomic mass is 9.89. The first-order valence-corrected chi connectivity index (χ1v) is 8.04. The molecule has 3 N–H and O–H groups in total. The SMILES string of the molecule is CN(CCC(=O)NN)C1CCC(=Cc2ccsc2)CC1. The van der Waals surface area contributed by atoms with Crippen molar-refractivity contribution in [3.8, 4) is 0 Å². The topological polar surface area (TPSA) is 58.4 Å². The third-order valence-electron chi connectivity index (χ3n) is 3.99. The Morgan fingerprint density at radius 2 is 2.30 bits per heavy atom. The van der Waals surface area contributed by atoms with Gasteiger partial charge in [-0.05, 0) is 55.1 Å². The number of thiophene rings is 1. The number of allylic oxidation sites excluding steroid dienone is 1. The van der Waals surface area contributed by atoms with Gasteiger partial charge in [0.05, 0.1) is 0 Å². The molecule has 1 heterocycles. The molecular weight excluding hydrogens is 270 g/mol. The molecular formula is C15H23N3OS. The average molecular weight is 293 g/mol. The van der Waals surface area contributed by atoms with E-state index in [1.165, 1.54) is 18.4 Å². The molecule has 1 aromatic rings. The minimum Gasteiger partial charge on any atom is -0.303 e. The number of hydrogen-bond acceptors (Lipinski definition) is 4. The Balaban J connectivity index is 1.77. The summed E-state index contributed by atoms with van der Waals surface area (Å²) in [6.07, 6.45) is 7.48. The summed E-state index contributed by atoms with van der Waals surface area (Å²) in [5.41, 5.74) is 5.06. The molecule has 0 atom stereocenters. The van der Waals surface area contributed by atoms with E-state index in [1.807, 2.05) is 0 Å². The lowest BCUT2D eigenvalue weighted by Crippen LogP contribution is -2.38. The van der Waals surface area contributed by atoms with Crippen LogP contribution in [0.15, 0.2) is 22.4 Å². The molecule has 1 amide bonds. The molecule has 5 heteroatoms. The molecule has 1 aromatic heterocycles. The molecule has 20 heavy (non-hydrogen) atoms. The molecule has 0 aromatic carbocycles. The Kier molecular flexibility index (Phi) is 5.76. The summed E-state index contributed by atoms with van der Waals surface area (Å²) in [4.78, 5) is 13.4. The van der Waals surface area contributed by atoms with Gasteiger partial charge in [-0.1, -0.05) is 11.6 Å². The number of rotatable bonds is 5. The predicted molar refractivity (Wildman–Crippen MR) is 84.1 cm³/mol. The molecule has 1 saturated carbocycles. The van der Waals surface area contributed by atoms with E-state index in [1.54, 1.807) is 16.9 Å². The zero-order valence-corrected chi connectivity index (χ0v) is 12.8. The summed E-state index contributed by atoms with van der Waals surface area (Å²) in [7, 11) is 2.10. The van der Waals surface area contributed by atoms with Crippen molar-refractivity contribution in [3.05, 3.63) is 28.0 Å². The molecule has 0 spiro atoms. The summed E-state index contributed by atoms with van der Waals surface area (Å²) in [6.45, 7) is 0.775. The fraction of sp³-hybridized carbons (Fsp3) is 0.533. The van der Waals surface area contributed by atoms with Crippen molar-refractivity contribution >= 4 is 23.3 Å². The van der Waals surface area contributed by atoms with Crippen LogP contribution in [-0.4, -0.2) is 30.4 Å². The van der Waals surface area contributed by atoms with Gasteiger partial charge in [-0.3, -0.25) is 10.2 Å². The second-order valence-corrected chi connectivity index (χ2v) is 6.17. The summed E-state index contributed by atoms with van der Waals surface area (Å²) >= 11 is 1.74. The molecule has 110 valence electrons. The number of carbonyl (C=O) groups is 1. The molecule has 0 radical (unpaired) electrons. The highest BCUT2D eigenvalue weighted by Gasteiger charge is 2.20. The fourth-order valence-corrected chi connectivity index (χ4v) is 3.30. The molecule has 2 rings (SSSR count). The first kappa shape index (κ1) is 15.2. The van der Waals surface area contributed by atoms with Crippen molar-refractivity contribution in [1.29, 1.82) is 0 Å². The minimum atomic E-state index is -0.0919. The van der Waals surface area contributed by atoms with Crippen LogP contribution in [0, 0.1) is 0 Å². The Morgan fingerprint density at radius 3 is 2.90 bits per heavy atom. The van der Waals surface area contributed by atoms with Crippen LogP contribution in [0.2, 0.25) is 0 Å². The van der Waals surface area contributed by atoms with Gasteiger partial charge in [0, 0.05) is 19.0 Å². The number of hydrogen-bond donors (Lipinski definition) is 2. The number of carbonyl (C=O) groups excluding carboxylic acids is 1. The number of amides is 1. The average Bonchev–Trinajstić information content (AvgIpc) is 2.98. The highest BCUT2D eigenvalue weighted by atomic mass is 32.1. The quantitative estimate of drug-likeness (QED) is 0.498. The standard InChI is InChI=1S/C15H23N3OS/c1-18(8-6-15(19)17-16)14-4-2-12(3-5-14)10-13-7-9-20-11-13/h7,9-11,14H,2-6,8,16H2,1H3,(H,17,19). The van der Waals surface area contributed by atoms with Gasteiger partial charge < -0.3 is 4.90 Å². The summed E-state index contributed by atoms with van der Waals surface area (Å²) < 4.78 is 0. The van der Waals surface area contributed by atoms with E-state index in [4.69, 9.17) is 5.84 Å². The highest BCUT2D eigenvalue weighted by Crippen LogP contribution is 2.28. The first-order valence-electron chi connectivity index (χ1n) is 7.10. The van der Waals surface area contributed by atoms with Gasteiger partial charge in [0.15, 0.2) is 0 Å². The number of hydrazine groups is 1. The third kappa shape index (κ3) is 4.44. The predicted octanol–water partition coefficient (Wildman–Crippen LogP) is 2.39. The molecule has 1 aliphatic rings. The maximum atomic E-state index is 11.2. The zero-order valence-electron chi connectivity index (χ0n) is 12.0. The highest BCUT2D eigenvalue weighted by molar-refractivity contribution is 7.08. The van der Waals surface area contributed by atoms with Gasteiger partial charge >= 0.3 is 0 Å². The van der Waals surface area contributed by atoms with E-state index in [0.29, 0.717) is 12.5 Å². The molecule has 0 aliphatic heterocycles. The molecule has 1 fully saturated rings. The summed E-state index contributed by atoms with van der Waals surface area (Å²) in [6, 6.07) is 2.75. The number of nitrogens with zero attached hydrogens (tertiary/aromatic N) is 1. The second kappa shape index (κ2) is 7.57. The lowest BCUT2D eigenvalue weighted by molar-refractivity contribution is -0.121. The molecule has 0 saturated heterocycles. The van der Waals surface area contributed by atoms with Crippen LogP contribution in [0.25, 0.3) is 6.08 Å². The Morgan fingerprint density at radius 1 is 1.55 bits per heavy atom. The summed E-state index contributed by atoms with van der Waals surface area (Å²) in [5.74, 6) is 5.00. The molecule has 0 unspecified atom stereocenters. The number of nitrogens with two attached hydrogens (primary N) is 1. The third-order valence-corrected chi connectivity index (χ3v) is 4.69. The van der Waals surface area contributed by atoms with Crippen molar-refractivity contribution in [2.45, 2.75) is 38.1 Å². The van der Waals surface area contributed by atoms with Crippen LogP contribution in [0.1, 0.15) is 37.7 Å². The van der Waals surface area contributed by atoms with E-state index in [-0.39, 0.29) is 5.91 Å². The number of nitrogens with one attached hydrogen (secondary N) is 1. The van der Waals surface area contributed by atoms with Crippen LogP contribution >= 0.6 is 11.3 Å². The van der Waals surface area contributed by atoms with Crippen LogP contribution in [0.5, 0.6) is 0 Å². The van der Waals surface area contributed by atoms with Gasteiger partial charge in [0.2, 0.25) is 5.91 Å². The fourth-order valence-electron chi connectivity index (χ4n) is 2.68. The van der Waals surface area contributed by atoms with E-state index in [0.717, 1.165) is 19.4 Å². The normalized spacial score (nSPS) is 19.1. The van der Waals surface area contributed by atoms with Crippen molar-refractivity contribution in [2.24, 2.45) is 5.84 Å². The minimum absolute atomic E-state index is 0.0919. The summed E-state index contributed by atoms with van der Waals surface area (Å²) in [5, 5.41) is 4.31. The van der Waals surface area contributed by atoms with Crippen LogP contribution in [0.4, 0.5) is 0 Å². The van der Waals surface area contributed by atoms with Crippen LogP contribution in [-0.2, 0) is 4.79 Å². The Hall–Kier alpha value is -1.17. The van der Waals surface area contributed by atoms with E-state index in [9.17, 15) is 4.79 Å². The van der Waals surface area contributed by atoms with Crippen LogP contribution < -0.4 is 11.3 Å².